The van der Waals surface area contributed by atoms with Crippen molar-refractivity contribution < 1.29 is 4.79 Å². The molecule has 1 amide bonds. The molecule has 1 aliphatic rings. The van der Waals surface area contributed by atoms with Gasteiger partial charge in [0.25, 0.3) is 0 Å². The van der Waals surface area contributed by atoms with Gasteiger partial charge >= 0.3 is 0 Å². The highest BCUT2D eigenvalue weighted by atomic mass is 35.5. The second-order valence-electron chi connectivity index (χ2n) is 4.94. The van der Waals surface area contributed by atoms with E-state index in [1.807, 2.05) is 20.0 Å². The fourth-order valence-corrected chi connectivity index (χ4v) is 2.55. The average molecular weight is 273 g/mol. The van der Waals surface area contributed by atoms with Crippen molar-refractivity contribution in [1.29, 1.82) is 0 Å². The van der Waals surface area contributed by atoms with Crippen LogP contribution < -0.4 is 11.1 Å². The van der Waals surface area contributed by atoms with Crippen LogP contribution >= 0.6 is 12.4 Å². The number of nitrogens with two attached hydrogens (primary N) is 1. The first kappa shape index (κ1) is 15.0. The number of anilines is 1. The minimum absolute atomic E-state index is 0. The third kappa shape index (κ3) is 2.67. The number of hydrogen-bond donors (Lipinski definition) is 2. The molecule has 102 valence electrons. The highest BCUT2D eigenvalue weighted by molar-refractivity contribution is 5.95. The van der Waals surface area contributed by atoms with Crippen molar-refractivity contribution in [2.75, 3.05) is 11.9 Å². The largest absolute Gasteiger partial charge is 0.329 e. The molecule has 1 saturated carbocycles. The molecule has 1 aromatic heterocycles. The van der Waals surface area contributed by atoms with E-state index >= 15 is 0 Å². The second kappa shape index (κ2) is 5.71. The molecule has 0 atom stereocenters. The third-order valence-electron chi connectivity index (χ3n) is 3.68. The molecule has 18 heavy (non-hydrogen) atoms. The molecule has 0 unspecified atom stereocenters. The lowest BCUT2D eigenvalue weighted by Crippen LogP contribution is -2.40. The second-order valence-corrected chi connectivity index (χ2v) is 4.94. The molecule has 1 fully saturated rings. The van der Waals surface area contributed by atoms with Crippen LogP contribution in [0.3, 0.4) is 0 Å². The Morgan fingerprint density at radius 1 is 1.56 bits per heavy atom. The number of carbonyl (C=O) groups is 1. The summed E-state index contributed by atoms with van der Waals surface area (Å²) in [4.78, 5) is 12.3. The minimum atomic E-state index is -0.363. The summed E-state index contributed by atoms with van der Waals surface area (Å²) < 4.78 is 1.69. The molecule has 6 heteroatoms. The van der Waals surface area contributed by atoms with Gasteiger partial charge in [-0.05, 0) is 19.8 Å². The van der Waals surface area contributed by atoms with Gasteiger partial charge in [-0.25, -0.2) is 0 Å². The normalized spacial score (nSPS) is 17.3. The first-order valence-electron chi connectivity index (χ1n) is 6.09. The van der Waals surface area contributed by atoms with Gasteiger partial charge < -0.3 is 11.1 Å². The number of carbonyl (C=O) groups excluding carboxylic acids is 1. The molecule has 3 N–H and O–H groups in total. The van der Waals surface area contributed by atoms with Gasteiger partial charge in [0.2, 0.25) is 5.91 Å². The first-order chi connectivity index (χ1) is 8.07. The number of amides is 1. The fraction of sp³-hybridized carbons (Fsp3) is 0.667. The maximum absolute atomic E-state index is 12.3. The molecular formula is C12H21ClN4O. The summed E-state index contributed by atoms with van der Waals surface area (Å²) in [6, 6.07) is 1.87. The summed E-state index contributed by atoms with van der Waals surface area (Å²) in [5.41, 5.74) is 6.32. The maximum Gasteiger partial charge on any atom is 0.233 e. The standard InChI is InChI=1S/C12H20N4O.ClH/c1-9-7-10(16(2)15-9)14-11(17)12(8-13)5-3-4-6-12;/h7H,3-6,8,13H2,1-2H3,(H,14,17);1H. The van der Waals surface area contributed by atoms with E-state index in [1.165, 1.54) is 0 Å². The van der Waals surface area contributed by atoms with Crippen LogP contribution in [0, 0.1) is 12.3 Å². The van der Waals surface area contributed by atoms with Crippen LogP contribution in [0.25, 0.3) is 0 Å². The lowest BCUT2D eigenvalue weighted by atomic mass is 9.85. The van der Waals surface area contributed by atoms with Crippen LogP contribution in [0.1, 0.15) is 31.4 Å². The van der Waals surface area contributed by atoms with E-state index < -0.39 is 0 Å². The predicted octanol–water partition coefficient (Wildman–Crippen LogP) is 1.61. The molecule has 2 rings (SSSR count). The molecule has 0 aromatic carbocycles. The molecule has 0 radical (unpaired) electrons. The zero-order valence-corrected chi connectivity index (χ0v) is 11.7. The lowest BCUT2D eigenvalue weighted by Gasteiger charge is -2.25. The zero-order chi connectivity index (χ0) is 12.5. The van der Waals surface area contributed by atoms with E-state index in [-0.39, 0.29) is 23.7 Å². The van der Waals surface area contributed by atoms with Crippen molar-refractivity contribution in [3.8, 4) is 0 Å². The van der Waals surface area contributed by atoms with Gasteiger partial charge in [0.1, 0.15) is 5.82 Å². The van der Waals surface area contributed by atoms with Crippen LogP contribution in [0.15, 0.2) is 6.07 Å². The van der Waals surface area contributed by atoms with E-state index in [0.717, 1.165) is 37.2 Å². The van der Waals surface area contributed by atoms with Gasteiger partial charge in [-0.1, -0.05) is 12.8 Å². The number of aryl methyl sites for hydroxylation is 2. The summed E-state index contributed by atoms with van der Waals surface area (Å²) in [5.74, 6) is 0.785. The van der Waals surface area contributed by atoms with Gasteiger partial charge in [-0.15, -0.1) is 12.4 Å². The van der Waals surface area contributed by atoms with Crippen molar-refractivity contribution in [2.24, 2.45) is 18.2 Å². The number of hydrogen-bond acceptors (Lipinski definition) is 3. The van der Waals surface area contributed by atoms with Gasteiger partial charge in [0.05, 0.1) is 11.1 Å². The van der Waals surface area contributed by atoms with Crippen molar-refractivity contribution in [1.82, 2.24) is 9.78 Å². The van der Waals surface area contributed by atoms with E-state index in [9.17, 15) is 4.79 Å². The average Bonchev–Trinajstić information content (AvgIpc) is 2.87. The lowest BCUT2D eigenvalue weighted by molar-refractivity contribution is -0.124. The number of nitrogens with one attached hydrogen (secondary N) is 1. The van der Waals surface area contributed by atoms with Crippen molar-refractivity contribution in [2.45, 2.75) is 32.6 Å². The van der Waals surface area contributed by atoms with Crippen molar-refractivity contribution in [3.63, 3.8) is 0 Å². The Balaban J connectivity index is 0.00000162. The molecule has 0 aliphatic heterocycles. The molecule has 0 saturated heterocycles. The quantitative estimate of drug-likeness (QED) is 0.878. The Labute approximate surface area is 114 Å². The fourth-order valence-electron chi connectivity index (χ4n) is 2.55. The van der Waals surface area contributed by atoms with E-state index in [2.05, 4.69) is 10.4 Å². The van der Waals surface area contributed by atoms with Crippen LogP contribution in [-0.2, 0) is 11.8 Å². The minimum Gasteiger partial charge on any atom is -0.329 e. The summed E-state index contributed by atoms with van der Waals surface area (Å²) in [6.07, 6.45) is 3.97. The highest BCUT2D eigenvalue weighted by Crippen LogP contribution is 2.38. The van der Waals surface area contributed by atoms with Crippen molar-refractivity contribution in [3.05, 3.63) is 11.8 Å². The van der Waals surface area contributed by atoms with Crippen LogP contribution in [-0.4, -0.2) is 22.2 Å². The topological polar surface area (TPSA) is 72.9 Å². The SMILES string of the molecule is Cc1cc(NC(=O)C2(CN)CCCC2)n(C)n1.Cl. The number of rotatable bonds is 3. The van der Waals surface area contributed by atoms with Gasteiger partial charge in [-0.3, -0.25) is 9.48 Å². The summed E-state index contributed by atoms with van der Waals surface area (Å²) in [5, 5.41) is 7.16. The first-order valence-corrected chi connectivity index (χ1v) is 6.09. The van der Waals surface area contributed by atoms with Crippen molar-refractivity contribution >= 4 is 24.1 Å². The monoisotopic (exact) mass is 272 g/mol. The predicted molar refractivity (Wildman–Crippen MR) is 73.8 cm³/mol. The maximum atomic E-state index is 12.3. The molecule has 0 spiro atoms. The molecular weight excluding hydrogens is 252 g/mol. The van der Waals surface area contributed by atoms with Crippen LogP contribution in [0.4, 0.5) is 5.82 Å². The summed E-state index contributed by atoms with van der Waals surface area (Å²) in [7, 11) is 1.83. The Bertz CT molecular complexity index is 424. The Morgan fingerprint density at radius 3 is 2.61 bits per heavy atom. The molecule has 5 nitrogen and oxygen atoms in total. The molecule has 1 aromatic rings. The van der Waals surface area contributed by atoms with E-state index in [4.69, 9.17) is 5.73 Å². The third-order valence-corrected chi connectivity index (χ3v) is 3.68. The number of nitrogens with zero attached hydrogens (tertiary/aromatic N) is 2. The summed E-state index contributed by atoms with van der Waals surface area (Å²) in [6.45, 7) is 2.33. The van der Waals surface area contributed by atoms with E-state index in [1.54, 1.807) is 4.68 Å². The van der Waals surface area contributed by atoms with Crippen LogP contribution in [0.2, 0.25) is 0 Å². The zero-order valence-electron chi connectivity index (χ0n) is 10.9. The Morgan fingerprint density at radius 2 is 2.17 bits per heavy atom. The molecule has 1 heterocycles. The smallest absolute Gasteiger partial charge is 0.233 e. The summed E-state index contributed by atoms with van der Waals surface area (Å²) >= 11 is 0. The van der Waals surface area contributed by atoms with Gasteiger partial charge in [-0.2, -0.15) is 5.10 Å². The number of halogens is 1. The van der Waals surface area contributed by atoms with E-state index in [0.29, 0.717) is 6.54 Å². The van der Waals surface area contributed by atoms with Gasteiger partial charge in [0, 0.05) is 19.7 Å². The number of aromatic nitrogens is 2. The Hall–Kier alpha value is -1.07. The van der Waals surface area contributed by atoms with Crippen LogP contribution in [0.5, 0.6) is 0 Å². The van der Waals surface area contributed by atoms with Gasteiger partial charge in [0.15, 0.2) is 0 Å². The molecule has 1 aliphatic carbocycles. The Kier molecular flexibility index (Phi) is 4.76. The molecule has 0 bridgehead atoms. The highest BCUT2D eigenvalue weighted by Gasteiger charge is 2.40.